The van der Waals surface area contributed by atoms with E-state index in [1.807, 2.05) is 25.1 Å². The van der Waals surface area contributed by atoms with Crippen molar-refractivity contribution in [3.63, 3.8) is 0 Å². The minimum Gasteiger partial charge on any atom is -0.262 e. The topological polar surface area (TPSA) is 12.9 Å². The van der Waals surface area contributed by atoms with Crippen LogP contribution in [0, 0.1) is 6.92 Å². The van der Waals surface area contributed by atoms with Gasteiger partial charge in [0.05, 0.1) is 0 Å². The molecule has 0 saturated heterocycles. The minimum atomic E-state index is 1.07. The van der Waals surface area contributed by atoms with Crippen LogP contribution in [-0.2, 0) is 0 Å². The highest BCUT2D eigenvalue weighted by Crippen LogP contribution is 1.85. The van der Waals surface area contributed by atoms with Gasteiger partial charge in [-0.2, -0.15) is 0 Å². The van der Waals surface area contributed by atoms with Gasteiger partial charge in [-0.3, -0.25) is 4.98 Å². The number of nitrogens with zero attached hydrogens (tertiary/aromatic N) is 1. The van der Waals surface area contributed by atoms with Crippen LogP contribution in [0.2, 0.25) is 0 Å². The highest BCUT2D eigenvalue weighted by atomic mass is 14.6. The van der Waals surface area contributed by atoms with Gasteiger partial charge in [-0.25, -0.2) is 0 Å². The summed E-state index contributed by atoms with van der Waals surface area (Å²) >= 11 is 0. The molecule has 0 radical (unpaired) electrons. The van der Waals surface area contributed by atoms with Crippen molar-refractivity contribution >= 4 is 0 Å². The van der Waals surface area contributed by atoms with Gasteiger partial charge >= 0.3 is 0 Å². The van der Waals surface area contributed by atoms with Gasteiger partial charge in [-0.05, 0) is 19.1 Å². The van der Waals surface area contributed by atoms with Crippen molar-refractivity contribution in [1.82, 2.24) is 4.98 Å². The Balaban J connectivity index is 0.000000291. The molecule has 0 N–H and O–H groups in total. The Morgan fingerprint density at radius 3 is 2.22 bits per heavy atom. The van der Waals surface area contributed by atoms with E-state index in [-0.39, 0.29) is 0 Å². The summed E-state index contributed by atoms with van der Waals surface area (Å²) in [6.45, 7) is 7.97. The first-order valence-corrected chi connectivity index (χ1v) is 2.77. The van der Waals surface area contributed by atoms with Gasteiger partial charge in [-0.15, -0.1) is 13.2 Å². The second-order valence-corrected chi connectivity index (χ2v) is 1.47. The van der Waals surface area contributed by atoms with E-state index in [1.165, 1.54) is 0 Å². The molecule has 0 saturated carbocycles. The third-order valence-corrected chi connectivity index (χ3v) is 0.813. The van der Waals surface area contributed by atoms with E-state index in [9.17, 15) is 0 Å². The summed E-state index contributed by atoms with van der Waals surface area (Å²) in [6, 6.07) is 5.86. The van der Waals surface area contributed by atoms with E-state index in [0.717, 1.165) is 5.69 Å². The van der Waals surface area contributed by atoms with Crippen LogP contribution >= 0.6 is 0 Å². The molecule has 1 nitrogen and oxygen atoms in total. The Kier molecular flexibility index (Phi) is 4.41. The van der Waals surface area contributed by atoms with Gasteiger partial charge < -0.3 is 0 Å². The fraction of sp³-hybridized carbons (Fsp3) is 0.125. The molecule has 9 heavy (non-hydrogen) atoms. The molecule has 0 aromatic carbocycles. The smallest absolute Gasteiger partial charge is 0.0372 e. The lowest BCUT2D eigenvalue weighted by atomic mass is 10.4. The van der Waals surface area contributed by atoms with Gasteiger partial charge in [0.2, 0.25) is 0 Å². The Labute approximate surface area is 56.1 Å². The zero-order valence-corrected chi connectivity index (χ0v) is 5.67. The summed E-state index contributed by atoms with van der Waals surface area (Å²) < 4.78 is 0. The molecular formula is C8H11N. The minimum absolute atomic E-state index is 1.07. The monoisotopic (exact) mass is 121 g/mol. The Bertz CT molecular complexity index is 146. The summed E-state index contributed by atoms with van der Waals surface area (Å²) in [6.07, 6.45) is 1.79. The lowest BCUT2D eigenvalue weighted by Crippen LogP contribution is -1.72. The lowest BCUT2D eigenvalue weighted by Gasteiger charge is -1.82. The Hall–Kier alpha value is -1.11. The first-order valence-electron chi connectivity index (χ1n) is 2.77. The molecule has 1 rings (SSSR count). The van der Waals surface area contributed by atoms with Gasteiger partial charge in [0.25, 0.3) is 0 Å². The van der Waals surface area contributed by atoms with Crippen molar-refractivity contribution in [2.75, 3.05) is 0 Å². The van der Waals surface area contributed by atoms with E-state index in [0.29, 0.717) is 0 Å². The summed E-state index contributed by atoms with van der Waals surface area (Å²) in [4.78, 5) is 3.98. The normalized spacial score (nSPS) is 7.22. The first-order chi connectivity index (χ1) is 4.39. The zero-order chi connectivity index (χ0) is 7.11. The Morgan fingerprint density at radius 2 is 2.00 bits per heavy atom. The molecule has 0 aliphatic rings. The molecule has 1 heteroatoms. The van der Waals surface area contributed by atoms with E-state index >= 15 is 0 Å². The average Bonchev–Trinajstić information content (AvgIpc) is 1.94. The van der Waals surface area contributed by atoms with Crippen molar-refractivity contribution in [2.24, 2.45) is 0 Å². The van der Waals surface area contributed by atoms with Crippen LogP contribution in [0.5, 0.6) is 0 Å². The first kappa shape index (κ1) is 7.89. The Morgan fingerprint density at radius 1 is 1.33 bits per heavy atom. The molecular weight excluding hydrogens is 110 g/mol. The molecule has 48 valence electrons. The predicted octanol–water partition coefficient (Wildman–Crippen LogP) is 2.19. The fourth-order valence-electron chi connectivity index (χ4n) is 0.448. The number of aromatic nitrogens is 1. The van der Waals surface area contributed by atoms with Crippen molar-refractivity contribution in [2.45, 2.75) is 6.92 Å². The van der Waals surface area contributed by atoms with Crippen LogP contribution in [-0.4, -0.2) is 4.98 Å². The van der Waals surface area contributed by atoms with Crippen LogP contribution < -0.4 is 0 Å². The summed E-state index contributed by atoms with van der Waals surface area (Å²) in [7, 11) is 0. The summed E-state index contributed by atoms with van der Waals surface area (Å²) in [5, 5.41) is 0. The molecule has 0 aliphatic carbocycles. The SMILES string of the molecule is C=C.Cc1ccccn1. The summed E-state index contributed by atoms with van der Waals surface area (Å²) in [5.74, 6) is 0. The number of hydrogen-bond acceptors (Lipinski definition) is 1. The molecule has 0 spiro atoms. The molecule has 1 aromatic rings. The maximum atomic E-state index is 3.98. The van der Waals surface area contributed by atoms with Gasteiger partial charge in [0.1, 0.15) is 0 Å². The molecule has 0 atom stereocenters. The molecule has 0 aliphatic heterocycles. The average molecular weight is 121 g/mol. The van der Waals surface area contributed by atoms with Gasteiger partial charge in [-0.1, -0.05) is 6.07 Å². The van der Waals surface area contributed by atoms with Crippen molar-refractivity contribution in [1.29, 1.82) is 0 Å². The third kappa shape index (κ3) is 3.47. The predicted molar refractivity (Wildman–Crippen MR) is 40.2 cm³/mol. The van der Waals surface area contributed by atoms with E-state index in [4.69, 9.17) is 0 Å². The molecule has 0 amide bonds. The van der Waals surface area contributed by atoms with Gasteiger partial charge in [0.15, 0.2) is 0 Å². The van der Waals surface area contributed by atoms with Crippen LogP contribution in [0.3, 0.4) is 0 Å². The number of pyridine rings is 1. The zero-order valence-electron chi connectivity index (χ0n) is 5.67. The highest BCUT2D eigenvalue weighted by Gasteiger charge is 1.73. The van der Waals surface area contributed by atoms with Crippen LogP contribution in [0.4, 0.5) is 0 Å². The van der Waals surface area contributed by atoms with Crippen molar-refractivity contribution in [3.8, 4) is 0 Å². The number of aryl methyl sites for hydroxylation is 1. The van der Waals surface area contributed by atoms with E-state index in [1.54, 1.807) is 6.20 Å². The van der Waals surface area contributed by atoms with Gasteiger partial charge in [0, 0.05) is 11.9 Å². The summed E-state index contributed by atoms with van der Waals surface area (Å²) in [5.41, 5.74) is 1.07. The van der Waals surface area contributed by atoms with Crippen molar-refractivity contribution in [3.05, 3.63) is 43.2 Å². The molecule has 0 fully saturated rings. The lowest BCUT2D eigenvalue weighted by molar-refractivity contribution is 1.20. The molecule has 1 heterocycles. The molecule has 0 unspecified atom stereocenters. The second-order valence-electron chi connectivity index (χ2n) is 1.47. The second kappa shape index (κ2) is 5.04. The molecule has 1 aromatic heterocycles. The maximum Gasteiger partial charge on any atom is 0.0372 e. The van der Waals surface area contributed by atoms with Crippen LogP contribution in [0.15, 0.2) is 37.6 Å². The fourth-order valence-corrected chi connectivity index (χ4v) is 0.448. The van der Waals surface area contributed by atoms with Crippen molar-refractivity contribution < 1.29 is 0 Å². The standard InChI is InChI=1S/C6H7N.C2H4/c1-6-4-2-3-5-7-6;1-2/h2-5H,1H3;1-2H2. The third-order valence-electron chi connectivity index (χ3n) is 0.813. The van der Waals surface area contributed by atoms with Crippen LogP contribution in [0.1, 0.15) is 5.69 Å². The quantitative estimate of drug-likeness (QED) is 0.479. The highest BCUT2D eigenvalue weighted by molar-refractivity contribution is 4.99. The van der Waals surface area contributed by atoms with Crippen LogP contribution in [0.25, 0.3) is 0 Å². The van der Waals surface area contributed by atoms with E-state index < -0.39 is 0 Å². The largest absolute Gasteiger partial charge is 0.262 e. The molecule has 0 bridgehead atoms. The number of rotatable bonds is 0. The number of hydrogen-bond donors (Lipinski definition) is 0. The maximum absolute atomic E-state index is 3.98. The van der Waals surface area contributed by atoms with E-state index in [2.05, 4.69) is 18.1 Å².